The van der Waals surface area contributed by atoms with Gasteiger partial charge in [0.05, 0.1) is 11.4 Å². The van der Waals surface area contributed by atoms with Crippen LogP contribution in [0.25, 0.3) is 0 Å². The highest BCUT2D eigenvalue weighted by Gasteiger charge is 2.17. The van der Waals surface area contributed by atoms with Gasteiger partial charge in [-0.2, -0.15) is 0 Å². The predicted molar refractivity (Wildman–Crippen MR) is 74.0 cm³/mol. The average molecular weight is 321 g/mol. The van der Waals surface area contributed by atoms with Crippen LogP contribution in [0.15, 0.2) is 29.2 Å². The quantitative estimate of drug-likeness (QED) is 0.711. The molecule has 0 unspecified atom stereocenters. The second kappa shape index (κ2) is 6.20. The minimum Gasteiger partial charge on any atom is -0.306 e. The monoisotopic (exact) mass is 321 g/mol. The summed E-state index contributed by atoms with van der Waals surface area (Å²) in [5.41, 5.74) is -0.0980. The van der Waals surface area contributed by atoms with Crippen molar-refractivity contribution in [2.45, 2.75) is 18.2 Å². The zero-order valence-electron chi connectivity index (χ0n) is 10.7. The first-order valence-electron chi connectivity index (χ1n) is 5.59. The highest BCUT2D eigenvalue weighted by Crippen LogP contribution is 2.18. The van der Waals surface area contributed by atoms with Gasteiger partial charge in [0, 0.05) is 0 Å². The van der Waals surface area contributed by atoms with Crippen LogP contribution in [0, 0.1) is 0 Å². The van der Waals surface area contributed by atoms with Gasteiger partial charge in [0.1, 0.15) is 4.90 Å². The fraction of sp³-hybridized carbons (Fsp3) is 0.300. The molecule has 0 fully saturated rings. The van der Waals surface area contributed by atoms with Crippen LogP contribution in [0.2, 0.25) is 0 Å². The van der Waals surface area contributed by atoms with Gasteiger partial charge >= 0.3 is 6.03 Å². The number of nitrogens with two attached hydrogens (primary N) is 1. The van der Waals surface area contributed by atoms with E-state index in [9.17, 15) is 21.6 Å². The number of urea groups is 1. The molecule has 0 spiro atoms. The van der Waals surface area contributed by atoms with Gasteiger partial charge in [0.2, 0.25) is 20.0 Å². The second-order valence-electron chi connectivity index (χ2n) is 3.92. The second-order valence-corrected chi connectivity index (χ2v) is 7.29. The normalized spacial score (nSPS) is 11.9. The summed E-state index contributed by atoms with van der Waals surface area (Å²) in [6, 6.07) is 4.35. The smallest absolute Gasteiger partial charge is 0.306 e. The third kappa shape index (κ3) is 4.79. The maximum Gasteiger partial charge on any atom is 0.332 e. The van der Waals surface area contributed by atoms with E-state index in [0.29, 0.717) is 6.42 Å². The van der Waals surface area contributed by atoms with Crippen LogP contribution in [0.4, 0.5) is 10.5 Å². The molecule has 0 heterocycles. The third-order valence-corrected chi connectivity index (χ3v) is 4.57. The zero-order valence-corrected chi connectivity index (χ0v) is 12.3. The topological polar surface area (TPSA) is 135 Å². The van der Waals surface area contributed by atoms with Crippen LogP contribution in [0.5, 0.6) is 0 Å². The molecule has 0 aliphatic carbocycles. The van der Waals surface area contributed by atoms with E-state index in [-0.39, 0.29) is 16.3 Å². The van der Waals surface area contributed by atoms with Gasteiger partial charge in [-0.15, -0.1) is 0 Å². The van der Waals surface area contributed by atoms with Crippen molar-refractivity contribution >= 4 is 31.8 Å². The SMILES string of the molecule is CCCS(=O)(=O)NC(=O)Nc1ccccc1S(N)(=O)=O. The molecule has 0 atom stereocenters. The molecule has 1 rings (SSSR count). The van der Waals surface area contributed by atoms with Crippen LogP contribution in [0.1, 0.15) is 13.3 Å². The van der Waals surface area contributed by atoms with E-state index in [1.807, 2.05) is 0 Å². The van der Waals surface area contributed by atoms with Gasteiger partial charge in [-0.25, -0.2) is 31.5 Å². The number of carbonyl (C=O) groups excluding carboxylic acids is 1. The van der Waals surface area contributed by atoms with E-state index in [1.165, 1.54) is 24.3 Å². The minimum absolute atomic E-state index is 0.0980. The first-order chi connectivity index (χ1) is 9.15. The molecular formula is C10H15N3O5S2. The highest BCUT2D eigenvalue weighted by molar-refractivity contribution is 7.90. The number of carbonyl (C=O) groups is 1. The van der Waals surface area contributed by atoms with Crippen LogP contribution in [0.3, 0.4) is 0 Å². The van der Waals surface area contributed by atoms with Gasteiger partial charge in [-0.05, 0) is 18.6 Å². The first kappa shape index (κ1) is 16.4. The molecule has 4 N–H and O–H groups in total. The fourth-order valence-corrected chi connectivity index (χ4v) is 3.09. The van der Waals surface area contributed by atoms with E-state index < -0.39 is 26.1 Å². The Morgan fingerprint density at radius 3 is 2.35 bits per heavy atom. The minimum atomic E-state index is -4.02. The summed E-state index contributed by atoms with van der Waals surface area (Å²) in [4.78, 5) is 11.2. The maximum absolute atomic E-state index is 11.5. The molecule has 0 radical (unpaired) electrons. The molecule has 0 aliphatic heterocycles. The number of nitrogens with one attached hydrogen (secondary N) is 2. The Morgan fingerprint density at radius 2 is 1.80 bits per heavy atom. The summed E-state index contributed by atoms with van der Waals surface area (Å²) in [6.45, 7) is 1.65. The lowest BCUT2D eigenvalue weighted by atomic mass is 10.3. The van der Waals surface area contributed by atoms with Crippen molar-refractivity contribution in [3.8, 4) is 0 Å². The number of benzene rings is 1. The Kier molecular flexibility index (Phi) is 5.09. The summed E-state index contributed by atoms with van der Waals surface area (Å²) in [6.07, 6.45) is 0.344. The molecule has 1 aromatic carbocycles. The van der Waals surface area contributed by atoms with E-state index in [2.05, 4.69) is 5.32 Å². The number of sulfonamides is 2. The van der Waals surface area contributed by atoms with Crippen molar-refractivity contribution in [1.29, 1.82) is 0 Å². The van der Waals surface area contributed by atoms with Gasteiger partial charge in [-0.1, -0.05) is 19.1 Å². The third-order valence-electron chi connectivity index (χ3n) is 2.16. The Bertz CT molecular complexity index is 697. The van der Waals surface area contributed by atoms with E-state index in [0.717, 1.165) is 0 Å². The largest absolute Gasteiger partial charge is 0.332 e. The van der Waals surface area contributed by atoms with Crippen molar-refractivity contribution in [1.82, 2.24) is 4.72 Å². The molecule has 0 bridgehead atoms. The average Bonchev–Trinajstić information content (AvgIpc) is 2.26. The molecule has 8 nitrogen and oxygen atoms in total. The molecule has 0 saturated carbocycles. The molecule has 1 aromatic rings. The standard InChI is InChI=1S/C10H15N3O5S2/c1-2-7-19(15,16)13-10(14)12-8-5-3-4-6-9(8)20(11,17)18/h3-6H,2,7H2,1H3,(H2,11,17,18)(H2,12,13,14). The van der Waals surface area contributed by atoms with Crippen molar-refractivity contribution in [2.75, 3.05) is 11.1 Å². The van der Waals surface area contributed by atoms with Crippen LogP contribution in [-0.4, -0.2) is 28.6 Å². The summed E-state index contributed by atoms with van der Waals surface area (Å²) < 4.78 is 47.2. The molecule has 0 saturated heterocycles. The number of amides is 2. The Labute approximate surface area is 117 Å². The molecule has 112 valence electrons. The Hall–Kier alpha value is -1.65. The van der Waals surface area contributed by atoms with Gasteiger partial charge in [0.15, 0.2) is 0 Å². The van der Waals surface area contributed by atoms with E-state index in [4.69, 9.17) is 5.14 Å². The van der Waals surface area contributed by atoms with Crippen molar-refractivity contribution in [3.63, 3.8) is 0 Å². The van der Waals surface area contributed by atoms with Gasteiger partial charge < -0.3 is 5.32 Å². The Morgan fingerprint density at radius 1 is 1.20 bits per heavy atom. The lowest BCUT2D eigenvalue weighted by molar-refractivity contribution is 0.256. The molecule has 20 heavy (non-hydrogen) atoms. The number of hydrogen-bond acceptors (Lipinski definition) is 5. The van der Waals surface area contributed by atoms with Crippen molar-refractivity contribution < 1.29 is 21.6 Å². The van der Waals surface area contributed by atoms with Crippen molar-refractivity contribution in [3.05, 3.63) is 24.3 Å². The van der Waals surface area contributed by atoms with Crippen LogP contribution < -0.4 is 15.2 Å². The molecule has 0 aliphatic rings. The predicted octanol–water partition coefficient (Wildman–Crippen LogP) is 0.195. The summed E-state index contributed by atoms with van der Waals surface area (Å²) in [5, 5.41) is 7.13. The number of hydrogen-bond donors (Lipinski definition) is 3. The summed E-state index contributed by atoms with van der Waals surface area (Å²) >= 11 is 0. The fourth-order valence-electron chi connectivity index (χ4n) is 1.43. The lowest BCUT2D eigenvalue weighted by Gasteiger charge is -2.10. The van der Waals surface area contributed by atoms with Crippen molar-refractivity contribution in [2.24, 2.45) is 5.14 Å². The molecule has 0 aromatic heterocycles. The van der Waals surface area contributed by atoms with Gasteiger partial charge in [0.25, 0.3) is 0 Å². The highest BCUT2D eigenvalue weighted by atomic mass is 32.2. The molecular weight excluding hydrogens is 306 g/mol. The van der Waals surface area contributed by atoms with E-state index in [1.54, 1.807) is 11.6 Å². The summed E-state index contributed by atoms with van der Waals surface area (Å²) in [5.74, 6) is -0.211. The number of anilines is 1. The Balaban J connectivity index is 2.93. The van der Waals surface area contributed by atoms with Crippen LogP contribution >= 0.6 is 0 Å². The summed E-state index contributed by atoms with van der Waals surface area (Å²) in [7, 11) is -7.77. The number of primary sulfonamides is 1. The first-order valence-corrected chi connectivity index (χ1v) is 8.79. The van der Waals surface area contributed by atoms with Gasteiger partial charge in [-0.3, -0.25) is 0 Å². The molecule has 10 heteroatoms. The molecule has 2 amide bonds. The van der Waals surface area contributed by atoms with Crippen LogP contribution in [-0.2, 0) is 20.0 Å². The zero-order chi connectivity index (χ0) is 15.4. The lowest BCUT2D eigenvalue weighted by Crippen LogP contribution is -2.36. The van der Waals surface area contributed by atoms with E-state index >= 15 is 0 Å². The number of rotatable bonds is 5. The maximum atomic E-state index is 11.5. The number of para-hydroxylation sites is 1.